The molecule has 8 heteroatoms. The van der Waals surface area contributed by atoms with Crippen LogP contribution in [0, 0.1) is 0 Å². The van der Waals surface area contributed by atoms with Gasteiger partial charge in [-0.3, -0.25) is 4.79 Å². The Labute approximate surface area is 126 Å². The number of anilines is 2. The number of carbonyl (C=O) groups is 2. The van der Waals surface area contributed by atoms with Gasteiger partial charge in [0.15, 0.2) is 0 Å². The van der Waals surface area contributed by atoms with E-state index in [-0.39, 0.29) is 28.5 Å². The number of nitrogens with zero attached hydrogens (tertiary/aromatic N) is 2. The molecule has 1 saturated heterocycles. The lowest BCUT2D eigenvalue weighted by molar-refractivity contribution is -0.116. The minimum atomic E-state index is -0.359. The number of benzene rings is 1. The number of rotatable bonds is 3. The molecule has 0 aliphatic carbocycles. The molecule has 108 valence electrons. The highest BCUT2D eigenvalue weighted by Crippen LogP contribution is 2.32. The van der Waals surface area contributed by atoms with Gasteiger partial charge in [-0.25, -0.2) is 4.79 Å². The molecule has 0 aromatic heterocycles. The van der Waals surface area contributed by atoms with Gasteiger partial charge in [0.05, 0.1) is 15.7 Å². The highest BCUT2D eigenvalue weighted by atomic mass is 35.5. The zero-order valence-electron chi connectivity index (χ0n) is 10.8. The summed E-state index contributed by atoms with van der Waals surface area (Å²) in [7, 11) is 1.69. The minimum Gasteiger partial charge on any atom is -0.399 e. The van der Waals surface area contributed by atoms with E-state index in [1.165, 1.54) is 17.0 Å². The van der Waals surface area contributed by atoms with E-state index >= 15 is 0 Å². The van der Waals surface area contributed by atoms with E-state index in [9.17, 15) is 9.59 Å². The number of urea groups is 1. The van der Waals surface area contributed by atoms with Gasteiger partial charge in [0.25, 0.3) is 0 Å². The summed E-state index contributed by atoms with van der Waals surface area (Å²) in [5, 5.41) is 3.11. The maximum Gasteiger partial charge on any atom is 0.320 e. The smallest absolute Gasteiger partial charge is 0.320 e. The first-order valence-electron chi connectivity index (χ1n) is 5.93. The highest BCUT2D eigenvalue weighted by Gasteiger charge is 2.27. The van der Waals surface area contributed by atoms with Crippen molar-refractivity contribution in [3.8, 4) is 0 Å². The maximum atomic E-state index is 11.9. The number of halogens is 2. The SMILES string of the molecule is CN1CCN(CC(=O)Nc2c(Cl)cc(N)cc2Cl)C1=O. The van der Waals surface area contributed by atoms with Crippen LogP contribution in [0.3, 0.4) is 0 Å². The lowest BCUT2D eigenvalue weighted by Crippen LogP contribution is -2.36. The third-order valence-corrected chi connectivity index (χ3v) is 3.56. The molecular weight excluding hydrogens is 303 g/mol. The number of carbonyl (C=O) groups excluding carboxylic acids is 2. The van der Waals surface area contributed by atoms with Crippen LogP contribution in [-0.4, -0.2) is 48.4 Å². The third kappa shape index (κ3) is 3.08. The second-order valence-corrected chi connectivity index (χ2v) is 5.35. The van der Waals surface area contributed by atoms with Crippen LogP contribution in [0.2, 0.25) is 10.0 Å². The molecule has 6 nitrogen and oxygen atoms in total. The van der Waals surface area contributed by atoms with E-state index in [1.807, 2.05) is 0 Å². The molecule has 0 radical (unpaired) electrons. The van der Waals surface area contributed by atoms with Crippen LogP contribution >= 0.6 is 23.2 Å². The summed E-state index contributed by atoms with van der Waals surface area (Å²) in [5.74, 6) is -0.359. The van der Waals surface area contributed by atoms with Crippen LogP contribution in [0.15, 0.2) is 12.1 Å². The van der Waals surface area contributed by atoms with E-state index in [4.69, 9.17) is 28.9 Å². The Kier molecular flexibility index (Phi) is 4.25. The number of amides is 3. The summed E-state index contributed by atoms with van der Waals surface area (Å²) in [4.78, 5) is 26.6. The second kappa shape index (κ2) is 5.76. The van der Waals surface area contributed by atoms with Crippen LogP contribution in [0.25, 0.3) is 0 Å². The van der Waals surface area contributed by atoms with Gasteiger partial charge in [-0.15, -0.1) is 0 Å². The fraction of sp³-hybridized carbons (Fsp3) is 0.333. The van der Waals surface area contributed by atoms with Crippen LogP contribution in [0.1, 0.15) is 0 Å². The number of nitrogen functional groups attached to an aromatic ring is 1. The van der Waals surface area contributed by atoms with E-state index < -0.39 is 0 Å². The predicted octanol–water partition coefficient (Wildman–Crippen LogP) is 1.88. The Morgan fingerprint density at radius 1 is 1.35 bits per heavy atom. The fourth-order valence-electron chi connectivity index (χ4n) is 1.91. The fourth-order valence-corrected chi connectivity index (χ4v) is 2.51. The van der Waals surface area contributed by atoms with Gasteiger partial charge in [0.1, 0.15) is 6.54 Å². The summed E-state index contributed by atoms with van der Waals surface area (Å²) in [6, 6.07) is 2.82. The summed E-state index contributed by atoms with van der Waals surface area (Å²) in [6.45, 7) is 1.08. The van der Waals surface area contributed by atoms with E-state index in [0.717, 1.165) is 0 Å². The van der Waals surface area contributed by atoms with Crippen LogP contribution in [-0.2, 0) is 4.79 Å². The molecule has 3 amide bonds. The standard InChI is InChI=1S/C12H14Cl2N4O2/c1-17-2-3-18(12(17)20)6-10(19)16-11-8(13)4-7(15)5-9(11)14/h4-5H,2-3,6,15H2,1H3,(H,16,19). The van der Waals surface area contributed by atoms with Gasteiger partial charge in [-0.1, -0.05) is 23.2 Å². The van der Waals surface area contributed by atoms with Crippen molar-refractivity contribution in [3.63, 3.8) is 0 Å². The summed E-state index contributed by atoms with van der Waals surface area (Å²) >= 11 is 12.0. The van der Waals surface area contributed by atoms with Crippen molar-refractivity contribution in [1.29, 1.82) is 0 Å². The van der Waals surface area contributed by atoms with E-state index in [0.29, 0.717) is 24.5 Å². The van der Waals surface area contributed by atoms with Crippen molar-refractivity contribution in [2.24, 2.45) is 0 Å². The van der Waals surface area contributed by atoms with Crippen LogP contribution in [0.4, 0.5) is 16.2 Å². The maximum absolute atomic E-state index is 11.9. The molecule has 1 fully saturated rings. The number of hydrogen-bond acceptors (Lipinski definition) is 3. The Morgan fingerprint density at radius 3 is 2.45 bits per heavy atom. The molecule has 0 atom stereocenters. The molecule has 0 bridgehead atoms. The largest absolute Gasteiger partial charge is 0.399 e. The zero-order valence-corrected chi connectivity index (χ0v) is 12.3. The average Bonchev–Trinajstić information content (AvgIpc) is 2.66. The van der Waals surface area contributed by atoms with Crippen molar-refractivity contribution in [2.75, 3.05) is 37.7 Å². The predicted molar refractivity (Wildman–Crippen MR) is 79.1 cm³/mol. The lowest BCUT2D eigenvalue weighted by atomic mass is 10.2. The van der Waals surface area contributed by atoms with Gasteiger partial charge >= 0.3 is 6.03 Å². The van der Waals surface area contributed by atoms with Gasteiger partial charge in [-0.2, -0.15) is 0 Å². The molecule has 20 heavy (non-hydrogen) atoms. The van der Waals surface area contributed by atoms with Gasteiger partial charge in [0.2, 0.25) is 5.91 Å². The summed E-state index contributed by atoms with van der Waals surface area (Å²) in [6.07, 6.45) is 0. The van der Waals surface area contributed by atoms with Crippen molar-refractivity contribution in [1.82, 2.24) is 9.80 Å². The quantitative estimate of drug-likeness (QED) is 0.836. The molecule has 0 saturated carbocycles. The van der Waals surface area contributed by atoms with Crippen LogP contribution < -0.4 is 11.1 Å². The van der Waals surface area contributed by atoms with Gasteiger partial charge in [0, 0.05) is 25.8 Å². The minimum absolute atomic E-state index is 0.0415. The first-order valence-corrected chi connectivity index (χ1v) is 6.68. The normalized spacial score (nSPS) is 14.8. The molecule has 1 aromatic rings. The molecule has 0 unspecified atom stereocenters. The van der Waals surface area contributed by atoms with Crippen molar-refractivity contribution < 1.29 is 9.59 Å². The number of likely N-dealkylation sites (N-methyl/N-ethyl adjacent to an activating group) is 1. The molecule has 1 aliphatic rings. The van der Waals surface area contributed by atoms with Crippen molar-refractivity contribution in [3.05, 3.63) is 22.2 Å². The molecule has 3 N–H and O–H groups in total. The highest BCUT2D eigenvalue weighted by molar-refractivity contribution is 6.40. The molecule has 0 spiro atoms. The number of nitrogens with two attached hydrogens (primary N) is 1. The average molecular weight is 317 g/mol. The number of nitrogens with one attached hydrogen (secondary N) is 1. The topological polar surface area (TPSA) is 78.7 Å². The lowest BCUT2D eigenvalue weighted by Gasteiger charge is -2.16. The Hall–Kier alpha value is -1.66. The summed E-state index contributed by atoms with van der Waals surface area (Å²) in [5.41, 5.74) is 6.29. The molecule has 1 aromatic carbocycles. The Bertz CT molecular complexity index is 541. The van der Waals surface area contributed by atoms with Crippen LogP contribution in [0.5, 0.6) is 0 Å². The third-order valence-electron chi connectivity index (χ3n) is 2.97. The van der Waals surface area contributed by atoms with Crippen molar-refractivity contribution >= 4 is 46.5 Å². The van der Waals surface area contributed by atoms with E-state index in [1.54, 1.807) is 11.9 Å². The molecule has 2 rings (SSSR count). The van der Waals surface area contributed by atoms with Crippen molar-refractivity contribution in [2.45, 2.75) is 0 Å². The monoisotopic (exact) mass is 316 g/mol. The van der Waals surface area contributed by atoms with E-state index in [2.05, 4.69) is 5.32 Å². The molecule has 1 heterocycles. The Balaban J connectivity index is 2.04. The molecule has 1 aliphatic heterocycles. The van der Waals surface area contributed by atoms with Gasteiger partial charge in [-0.05, 0) is 12.1 Å². The summed E-state index contributed by atoms with van der Waals surface area (Å²) < 4.78 is 0. The first-order chi connectivity index (χ1) is 9.38. The number of hydrogen-bond donors (Lipinski definition) is 2. The zero-order chi connectivity index (χ0) is 14.9. The molecular formula is C12H14Cl2N4O2. The first kappa shape index (κ1) is 14.7. The second-order valence-electron chi connectivity index (χ2n) is 4.53. The van der Waals surface area contributed by atoms with Gasteiger partial charge < -0.3 is 20.9 Å². The Morgan fingerprint density at radius 2 is 1.95 bits per heavy atom.